The zero-order chi connectivity index (χ0) is 13.2. The van der Waals surface area contributed by atoms with E-state index in [2.05, 4.69) is 21.9 Å². The Bertz CT molecular complexity index is 702. The Hall–Kier alpha value is -2.43. The highest BCUT2D eigenvalue weighted by atomic mass is 15.2. The van der Waals surface area contributed by atoms with Crippen LogP contribution in [0.5, 0.6) is 0 Å². The van der Waals surface area contributed by atoms with E-state index in [9.17, 15) is 0 Å². The van der Waals surface area contributed by atoms with Crippen LogP contribution in [0.3, 0.4) is 0 Å². The molecule has 3 aromatic rings. The van der Waals surface area contributed by atoms with Gasteiger partial charge in [-0.25, -0.2) is 9.97 Å². The zero-order valence-electron chi connectivity index (χ0n) is 10.7. The summed E-state index contributed by atoms with van der Waals surface area (Å²) in [7, 11) is 0. The molecule has 5 heteroatoms. The van der Waals surface area contributed by atoms with Crippen LogP contribution in [0.15, 0.2) is 36.8 Å². The standard InChI is InChI=1S/C14H15N5/c1-2-6-19-13-12(18-14(19)15)7-11(9-17-13)10-4-3-5-16-8-10/h3-5,7-9H,2,6H2,1H3,(H2,15,18). The van der Waals surface area contributed by atoms with Crippen molar-refractivity contribution in [3.63, 3.8) is 0 Å². The number of aromatic nitrogens is 4. The molecule has 0 saturated heterocycles. The van der Waals surface area contributed by atoms with E-state index >= 15 is 0 Å². The topological polar surface area (TPSA) is 69.6 Å². The fourth-order valence-corrected chi connectivity index (χ4v) is 2.16. The third kappa shape index (κ3) is 2.03. The highest BCUT2D eigenvalue weighted by Gasteiger charge is 2.10. The fraction of sp³-hybridized carbons (Fsp3) is 0.214. The van der Waals surface area contributed by atoms with Gasteiger partial charge in [-0.05, 0) is 18.6 Å². The van der Waals surface area contributed by atoms with Crippen molar-refractivity contribution in [2.24, 2.45) is 0 Å². The molecule has 0 unspecified atom stereocenters. The second-order valence-electron chi connectivity index (χ2n) is 4.43. The molecular weight excluding hydrogens is 238 g/mol. The van der Waals surface area contributed by atoms with Crippen molar-refractivity contribution in [1.82, 2.24) is 19.5 Å². The van der Waals surface area contributed by atoms with Crippen LogP contribution < -0.4 is 5.73 Å². The first kappa shape index (κ1) is 11.6. The Morgan fingerprint density at radius 3 is 2.89 bits per heavy atom. The lowest BCUT2D eigenvalue weighted by atomic mass is 10.1. The van der Waals surface area contributed by atoms with Crippen molar-refractivity contribution in [2.45, 2.75) is 19.9 Å². The number of nitrogens with two attached hydrogens (primary N) is 1. The van der Waals surface area contributed by atoms with Crippen molar-refractivity contribution >= 4 is 17.1 Å². The average molecular weight is 253 g/mol. The molecule has 0 spiro atoms. The minimum Gasteiger partial charge on any atom is -0.369 e. The summed E-state index contributed by atoms with van der Waals surface area (Å²) in [6, 6.07) is 5.91. The van der Waals surface area contributed by atoms with Crippen LogP contribution in [0.4, 0.5) is 5.95 Å². The van der Waals surface area contributed by atoms with E-state index in [1.807, 2.05) is 35.2 Å². The number of rotatable bonds is 3. The molecule has 5 nitrogen and oxygen atoms in total. The van der Waals surface area contributed by atoms with Crippen LogP contribution in [-0.4, -0.2) is 19.5 Å². The maximum absolute atomic E-state index is 5.93. The number of nitrogens with zero attached hydrogens (tertiary/aromatic N) is 4. The smallest absolute Gasteiger partial charge is 0.202 e. The van der Waals surface area contributed by atoms with Crippen LogP contribution in [0.1, 0.15) is 13.3 Å². The molecule has 3 heterocycles. The summed E-state index contributed by atoms with van der Waals surface area (Å²) >= 11 is 0. The predicted octanol–water partition coefficient (Wildman–Crippen LogP) is 2.49. The first-order chi connectivity index (χ1) is 9.29. The van der Waals surface area contributed by atoms with E-state index < -0.39 is 0 Å². The van der Waals surface area contributed by atoms with Gasteiger partial charge in [0.05, 0.1) is 0 Å². The Labute approximate surface area is 111 Å². The number of anilines is 1. The van der Waals surface area contributed by atoms with Gasteiger partial charge < -0.3 is 5.73 Å². The first-order valence-corrected chi connectivity index (χ1v) is 6.31. The second-order valence-corrected chi connectivity index (χ2v) is 4.43. The quantitative estimate of drug-likeness (QED) is 0.778. The van der Waals surface area contributed by atoms with Gasteiger partial charge in [-0.3, -0.25) is 9.55 Å². The van der Waals surface area contributed by atoms with E-state index in [1.54, 1.807) is 6.20 Å². The number of aryl methyl sites for hydroxylation is 1. The largest absolute Gasteiger partial charge is 0.369 e. The lowest BCUT2D eigenvalue weighted by molar-refractivity contribution is 0.701. The summed E-state index contributed by atoms with van der Waals surface area (Å²) < 4.78 is 1.95. The summed E-state index contributed by atoms with van der Waals surface area (Å²) in [5.74, 6) is 0.521. The Kier molecular flexibility index (Phi) is 2.87. The monoisotopic (exact) mass is 253 g/mol. The van der Waals surface area contributed by atoms with Crippen LogP contribution in [0.2, 0.25) is 0 Å². The van der Waals surface area contributed by atoms with Crippen molar-refractivity contribution in [3.8, 4) is 11.1 Å². The molecule has 3 rings (SSSR count). The predicted molar refractivity (Wildman–Crippen MR) is 75.5 cm³/mol. The molecule has 0 atom stereocenters. The van der Waals surface area contributed by atoms with Crippen LogP contribution >= 0.6 is 0 Å². The Morgan fingerprint density at radius 1 is 1.26 bits per heavy atom. The van der Waals surface area contributed by atoms with Gasteiger partial charge in [0.2, 0.25) is 5.95 Å². The molecule has 19 heavy (non-hydrogen) atoms. The summed E-state index contributed by atoms with van der Waals surface area (Å²) in [6.07, 6.45) is 6.41. The summed E-state index contributed by atoms with van der Waals surface area (Å²) in [5, 5.41) is 0. The number of imidazole rings is 1. The van der Waals surface area contributed by atoms with Gasteiger partial charge in [-0.15, -0.1) is 0 Å². The Balaban J connectivity index is 2.12. The molecule has 0 bridgehead atoms. The lowest BCUT2D eigenvalue weighted by Gasteiger charge is -2.03. The van der Waals surface area contributed by atoms with Gasteiger partial charge in [0.25, 0.3) is 0 Å². The number of hydrogen-bond donors (Lipinski definition) is 1. The zero-order valence-corrected chi connectivity index (χ0v) is 10.7. The molecular formula is C14H15N5. The molecule has 0 aliphatic carbocycles. The van der Waals surface area contributed by atoms with Crippen molar-refractivity contribution in [2.75, 3.05) is 5.73 Å². The molecule has 0 aromatic carbocycles. The minimum absolute atomic E-state index is 0.521. The Morgan fingerprint density at radius 2 is 2.16 bits per heavy atom. The van der Waals surface area contributed by atoms with Crippen molar-refractivity contribution < 1.29 is 0 Å². The van der Waals surface area contributed by atoms with Crippen molar-refractivity contribution in [3.05, 3.63) is 36.8 Å². The summed E-state index contributed by atoms with van der Waals surface area (Å²) in [4.78, 5) is 13.0. The average Bonchev–Trinajstić information content (AvgIpc) is 2.76. The second kappa shape index (κ2) is 4.68. The van der Waals surface area contributed by atoms with Gasteiger partial charge in [0, 0.05) is 36.3 Å². The fourth-order valence-electron chi connectivity index (χ4n) is 2.16. The van der Waals surface area contributed by atoms with Crippen molar-refractivity contribution in [1.29, 1.82) is 0 Å². The molecule has 0 aliphatic rings. The minimum atomic E-state index is 0.521. The first-order valence-electron chi connectivity index (χ1n) is 6.31. The van der Waals surface area contributed by atoms with E-state index in [0.29, 0.717) is 5.95 Å². The molecule has 3 aromatic heterocycles. The van der Waals surface area contributed by atoms with Gasteiger partial charge in [-0.2, -0.15) is 0 Å². The maximum atomic E-state index is 5.93. The van der Waals surface area contributed by atoms with Gasteiger partial charge in [0.15, 0.2) is 5.65 Å². The third-order valence-corrected chi connectivity index (χ3v) is 3.06. The SMILES string of the molecule is CCCn1c(N)nc2cc(-c3cccnc3)cnc21. The number of pyridine rings is 2. The van der Waals surface area contributed by atoms with Gasteiger partial charge >= 0.3 is 0 Å². The normalized spacial score (nSPS) is 11.0. The molecule has 0 fully saturated rings. The van der Waals surface area contributed by atoms with E-state index in [0.717, 1.165) is 35.3 Å². The van der Waals surface area contributed by atoms with E-state index in [-0.39, 0.29) is 0 Å². The van der Waals surface area contributed by atoms with Crippen LogP contribution in [0.25, 0.3) is 22.3 Å². The van der Waals surface area contributed by atoms with Gasteiger partial charge in [0.1, 0.15) is 5.52 Å². The number of fused-ring (bicyclic) bond motifs is 1. The molecule has 96 valence electrons. The van der Waals surface area contributed by atoms with E-state index in [1.165, 1.54) is 0 Å². The highest BCUT2D eigenvalue weighted by molar-refractivity contribution is 5.80. The third-order valence-electron chi connectivity index (χ3n) is 3.06. The van der Waals surface area contributed by atoms with Crippen LogP contribution in [0, 0.1) is 0 Å². The maximum Gasteiger partial charge on any atom is 0.202 e. The number of hydrogen-bond acceptors (Lipinski definition) is 4. The number of nitrogen functional groups attached to an aromatic ring is 1. The molecule has 0 aliphatic heterocycles. The van der Waals surface area contributed by atoms with Crippen LogP contribution in [-0.2, 0) is 6.54 Å². The molecule has 2 N–H and O–H groups in total. The molecule has 0 amide bonds. The summed E-state index contributed by atoms with van der Waals surface area (Å²) in [6.45, 7) is 2.94. The van der Waals surface area contributed by atoms with E-state index in [4.69, 9.17) is 5.73 Å². The lowest BCUT2D eigenvalue weighted by Crippen LogP contribution is -2.03. The summed E-state index contributed by atoms with van der Waals surface area (Å²) in [5.41, 5.74) is 9.62. The molecule has 0 radical (unpaired) electrons. The van der Waals surface area contributed by atoms with Gasteiger partial charge in [-0.1, -0.05) is 13.0 Å². The molecule has 0 saturated carbocycles. The highest BCUT2D eigenvalue weighted by Crippen LogP contribution is 2.23.